The molecule has 0 fully saturated rings. The number of aliphatic carboxylic acids is 2. The van der Waals surface area contributed by atoms with Gasteiger partial charge in [-0.05, 0) is 12.5 Å². The molecule has 0 saturated heterocycles. The normalized spacial score (nSPS) is 10.4. The second-order valence-corrected chi connectivity index (χ2v) is 4.01. The van der Waals surface area contributed by atoms with Crippen LogP contribution in [0.3, 0.4) is 0 Å². The highest BCUT2D eigenvalue weighted by Gasteiger charge is 2.18. The SMILES string of the molecule is [CH2]c1ccccc1C(=O)CN(CC(=O)O)CC(=O)O. The molecule has 0 heterocycles. The van der Waals surface area contributed by atoms with E-state index in [2.05, 4.69) is 6.92 Å². The maximum absolute atomic E-state index is 12.0. The third-order valence-corrected chi connectivity index (χ3v) is 2.40. The number of carboxylic acid groups (broad SMARTS) is 2. The summed E-state index contributed by atoms with van der Waals surface area (Å²) in [5.41, 5.74) is 0.890. The van der Waals surface area contributed by atoms with Gasteiger partial charge in [0.25, 0.3) is 0 Å². The first kappa shape index (κ1) is 14.8. The summed E-state index contributed by atoms with van der Waals surface area (Å²) < 4.78 is 0. The van der Waals surface area contributed by atoms with Gasteiger partial charge in [0, 0.05) is 5.56 Å². The number of carboxylic acids is 2. The molecule has 0 unspecified atom stereocenters. The van der Waals surface area contributed by atoms with Gasteiger partial charge < -0.3 is 10.2 Å². The molecule has 6 nitrogen and oxygen atoms in total. The molecule has 0 aliphatic carbocycles. The zero-order valence-corrected chi connectivity index (χ0v) is 10.2. The molecule has 0 amide bonds. The monoisotopic (exact) mass is 264 g/mol. The van der Waals surface area contributed by atoms with Gasteiger partial charge in [0.1, 0.15) is 0 Å². The van der Waals surface area contributed by atoms with Crippen LogP contribution in [0.4, 0.5) is 0 Å². The molecule has 101 valence electrons. The van der Waals surface area contributed by atoms with E-state index in [4.69, 9.17) is 10.2 Å². The molecule has 1 radical (unpaired) electrons. The van der Waals surface area contributed by atoms with E-state index in [0.717, 1.165) is 4.90 Å². The number of benzene rings is 1. The maximum atomic E-state index is 12.0. The van der Waals surface area contributed by atoms with Crippen molar-refractivity contribution in [3.63, 3.8) is 0 Å². The number of hydrogen-bond acceptors (Lipinski definition) is 4. The summed E-state index contributed by atoms with van der Waals surface area (Å²) in [6.45, 7) is 2.42. The summed E-state index contributed by atoms with van der Waals surface area (Å²) >= 11 is 0. The summed E-state index contributed by atoms with van der Waals surface area (Å²) in [4.78, 5) is 34.3. The van der Waals surface area contributed by atoms with Crippen LogP contribution in [0.15, 0.2) is 24.3 Å². The van der Waals surface area contributed by atoms with Crippen molar-refractivity contribution < 1.29 is 24.6 Å². The van der Waals surface area contributed by atoms with Gasteiger partial charge in [-0.2, -0.15) is 0 Å². The standard InChI is InChI=1S/C13H14NO5/c1-9-4-2-3-5-10(9)11(15)6-14(7-12(16)17)8-13(18)19/h2-5H,1,6-8H2,(H,16,17)(H,18,19). The van der Waals surface area contributed by atoms with Crippen LogP contribution >= 0.6 is 0 Å². The average Bonchev–Trinajstić information content (AvgIpc) is 2.27. The van der Waals surface area contributed by atoms with Gasteiger partial charge in [0.05, 0.1) is 19.6 Å². The van der Waals surface area contributed by atoms with E-state index in [1.807, 2.05) is 0 Å². The van der Waals surface area contributed by atoms with Crippen LogP contribution in [0.25, 0.3) is 0 Å². The van der Waals surface area contributed by atoms with E-state index < -0.39 is 25.0 Å². The smallest absolute Gasteiger partial charge is 0.317 e. The number of rotatable bonds is 7. The zero-order chi connectivity index (χ0) is 14.4. The van der Waals surface area contributed by atoms with Gasteiger partial charge in [-0.3, -0.25) is 19.3 Å². The second kappa shape index (κ2) is 6.65. The lowest BCUT2D eigenvalue weighted by Crippen LogP contribution is -2.38. The Balaban J connectivity index is 2.78. The van der Waals surface area contributed by atoms with Crippen molar-refractivity contribution in [3.8, 4) is 0 Å². The quantitative estimate of drug-likeness (QED) is 0.697. The van der Waals surface area contributed by atoms with Crippen LogP contribution in [-0.2, 0) is 9.59 Å². The number of hydrogen-bond donors (Lipinski definition) is 2. The fourth-order valence-corrected chi connectivity index (χ4v) is 1.63. The van der Waals surface area contributed by atoms with Crippen LogP contribution < -0.4 is 0 Å². The molecule has 1 rings (SSSR count). The molecule has 0 bridgehead atoms. The first-order chi connectivity index (χ1) is 8.90. The van der Waals surface area contributed by atoms with Gasteiger partial charge in [-0.1, -0.05) is 24.3 Å². The molecule has 0 aliphatic rings. The van der Waals surface area contributed by atoms with Crippen molar-refractivity contribution in [2.75, 3.05) is 19.6 Å². The summed E-state index contributed by atoms with van der Waals surface area (Å²) in [6.07, 6.45) is 0. The molecule has 0 atom stereocenters. The topological polar surface area (TPSA) is 94.9 Å². The highest BCUT2D eigenvalue weighted by molar-refractivity contribution is 5.99. The van der Waals surface area contributed by atoms with E-state index in [-0.39, 0.29) is 12.3 Å². The van der Waals surface area contributed by atoms with Gasteiger partial charge in [-0.15, -0.1) is 0 Å². The van der Waals surface area contributed by atoms with E-state index in [1.165, 1.54) is 0 Å². The molecule has 0 aliphatic heterocycles. The lowest BCUT2D eigenvalue weighted by molar-refractivity contribution is -0.141. The fourth-order valence-electron chi connectivity index (χ4n) is 1.63. The van der Waals surface area contributed by atoms with E-state index in [1.54, 1.807) is 24.3 Å². The van der Waals surface area contributed by atoms with E-state index >= 15 is 0 Å². The minimum Gasteiger partial charge on any atom is -0.480 e. The molecule has 0 spiro atoms. The van der Waals surface area contributed by atoms with Crippen molar-refractivity contribution in [2.45, 2.75) is 0 Å². The van der Waals surface area contributed by atoms with Crippen molar-refractivity contribution >= 4 is 17.7 Å². The van der Waals surface area contributed by atoms with Crippen LogP contribution in [0.1, 0.15) is 15.9 Å². The Labute approximate surface area is 110 Å². The molecule has 0 aromatic heterocycles. The number of nitrogens with zero attached hydrogens (tertiary/aromatic N) is 1. The van der Waals surface area contributed by atoms with Gasteiger partial charge in [0.2, 0.25) is 0 Å². The number of Topliss-reactive ketones (excluding diaryl/α,β-unsaturated/α-hetero) is 1. The molecule has 2 N–H and O–H groups in total. The van der Waals surface area contributed by atoms with Crippen molar-refractivity contribution in [1.82, 2.24) is 4.90 Å². The second-order valence-electron chi connectivity index (χ2n) is 4.01. The Morgan fingerprint density at radius 1 is 1.00 bits per heavy atom. The molecule has 1 aromatic rings. The lowest BCUT2D eigenvalue weighted by Gasteiger charge is -2.17. The number of ketones is 1. The lowest BCUT2D eigenvalue weighted by atomic mass is 10.0. The van der Waals surface area contributed by atoms with Gasteiger partial charge in [-0.25, -0.2) is 0 Å². The predicted octanol–water partition coefficient (Wildman–Crippen LogP) is 0.523. The molecule has 1 aromatic carbocycles. The highest BCUT2D eigenvalue weighted by atomic mass is 16.4. The molecule has 6 heteroatoms. The van der Waals surface area contributed by atoms with Crippen molar-refractivity contribution in [2.24, 2.45) is 0 Å². The first-order valence-corrected chi connectivity index (χ1v) is 5.50. The Morgan fingerprint density at radius 2 is 1.53 bits per heavy atom. The number of carbonyl (C=O) groups excluding carboxylic acids is 1. The zero-order valence-electron chi connectivity index (χ0n) is 10.2. The van der Waals surface area contributed by atoms with Crippen LogP contribution in [0.2, 0.25) is 0 Å². The maximum Gasteiger partial charge on any atom is 0.317 e. The Morgan fingerprint density at radius 3 is 2.00 bits per heavy atom. The van der Waals surface area contributed by atoms with Crippen LogP contribution in [0, 0.1) is 6.92 Å². The van der Waals surface area contributed by atoms with Crippen molar-refractivity contribution in [3.05, 3.63) is 42.3 Å². The average molecular weight is 264 g/mol. The van der Waals surface area contributed by atoms with Gasteiger partial charge >= 0.3 is 11.9 Å². The van der Waals surface area contributed by atoms with E-state index in [0.29, 0.717) is 11.1 Å². The fraction of sp³-hybridized carbons (Fsp3) is 0.231. The summed E-state index contributed by atoms with van der Waals surface area (Å²) in [6, 6.07) is 6.63. The summed E-state index contributed by atoms with van der Waals surface area (Å²) in [7, 11) is 0. The van der Waals surface area contributed by atoms with Crippen LogP contribution in [-0.4, -0.2) is 52.5 Å². The third kappa shape index (κ3) is 4.89. The summed E-state index contributed by atoms with van der Waals surface area (Å²) in [5.74, 6) is -2.72. The third-order valence-electron chi connectivity index (χ3n) is 2.40. The van der Waals surface area contributed by atoms with E-state index in [9.17, 15) is 14.4 Å². The summed E-state index contributed by atoms with van der Waals surface area (Å²) in [5, 5.41) is 17.4. The molecular formula is C13H14NO5. The van der Waals surface area contributed by atoms with Gasteiger partial charge in [0.15, 0.2) is 5.78 Å². The molecule has 0 saturated carbocycles. The molecular weight excluding hydrogens is 250 g/mol. The first-order valence-electron chi connectivity index (χ1n) is 5.50. The largest absolute Gasteiger partial charge is 0.480 e. The molecule has 19 heavy (non-hydrogen) atoms. The Kier molecular flexibility index (Phi) is 5.20. The Hall–Kier alpha value is -2.21. The number of carbonyl (C=O) groups is 3. The predicted molar refractivity (Wildman–Crippen MR) is 66.9 cm³/mol. The van der Waals surface area contributed by atoms with Crippen molar-refractivity contribution in [1.29, 1.82) is 0 Å². The Bertz CT molecular complexity index is 482. The van der Waals surface area contributed by atoms with Crippen LogP contribution in [0.5, 0.6) is 0 Å². The minimum absolute atomic E-state index is 0.273. The highest BCUT2D eigenvalue weighted by Crippen LogP contribution is 2.08. The minimum atomic E-state index is -1.18.